The number of fused-ring (bicyclic) bond motifs is 5. The molecule has 0 radical (unpaired) electrons. The molecule has 0 aliphatic heterocycles. The number of hydrogen-bond donors (Lipinski definition) is 0. The highest BCUT2D eigenvalue weighted by atomic mass is 16.5. The van der Waals surface area contributed by atoms with Crippen LogP contribution in [0.25, 0.3) is 0 Å². The first-order chi connectivity index (χ1) is 27.6. The number of carbonyl (C=O) groups is 4. The van der Waals surface area contributed by atoms with Crippen molar-refractivity contribution >= 4 is 23.9 Å². The van der Waals surface area contributed by atoms with Crippen molar-refractivity contribution in [1.29, 1.82) is 0 Å². The number of rotatable bonds is 24. The van der Waals surface area contributed by atoms with E-state index in [0.717, 1.165) is 94.6 Å². The third-order valence-electron chi connectivity index (χ3n) is 10.3. The molecule has 57 heavy (non-hydrogen) atoms. The second kappa shape index (κ2) is 21.8. The minimum atomic E-state index is -0.452. The third-order valence-corrected chi connectivity index (χ3v) is 10.3. The van der Waals surface area contributed by atoms with Gasteiger partial charge in [-0.15, -0.1) is 0 Å². The summed E-state index contributed by atoms with van der Waals surface area (Å²) in [5.41, 5.74) is 3.61. The van der Waals surface area contributed by atoms with Crippen LogP contribution in [0.5, 0.6) is 23.0 Å². The minimum absolute atomic E-state index is 0.254. The summed E-state index contributed by atoms with van der Waals surface area (Å²) in [7, 11) is 0. The highest BCUT2D eigenvalue weighted by molar-refractivity contribution is 5.93. The molecule has 0 amide bonds. The summed E-state index contributed by atoms with van der Waals surface area (Å²) in [4.78, 5) is 49.4. The summed E-state index contributed by atoms with van der Waals surface area (Å²) in [6, 6.07) is 17.4. The van der Waals surface area contributed by atoms with Gasteiger partial charge in [-0.2, -0.15) is 0 Å². The maximum atomic E-state index is 13.3. The van der Waals surface area contributed by atoms with E-state index in [4.69, 9.17) is 28.4 Å². The Kier molecular flexibility index (Phi) is 16.3. The Balaban J connectivity index is 1.04. The highest BCUT2D eigenvalue weighted by Crippen LogP contribution is 2.58. The Morgan fingerprint density at radius 2 is 0.860 bits per heavy atom. The largest absolute Gasteiger partial charge is 0.494 e. The molecule has 2 aliphatic carbocycles. The molecule has 0 saturated heterocycles. The summed E-state index contributed by atoms with van der Waals surface area (Å²) in [6.07, 6.45) is 12.5. The van der Waals surface area contributed by atoms with E-state index in [0.29, 0.717) is 71.7 Å². The molecule has 0 spiro atoms. The standard InChI is InChI=1S/C47H56O10/c1-32(2)44(48)54-29-13-9-5-7-11-27-52-38-21-17-34(18-22-38)46(50)56-40-25-26-41(43-37-16-15-36(31-37)42(40)43)57-47(51)35-19-23-39(24-20-35)53-28-12-8-6-10-14-30-55-45(49)33(3)4/h17-26,36-37H,1,3,5-16,27-31H2,2,4H3. The number of unbranched alkanes of at least 4 members (excludes halogenated alkanes) is 8. The number of benzene rings is 3. The maximum absolute atomic E-state index is 13.3. The lowest BCUT2D eigenvalue weighted by atomic mass is 9.90. The van der Waals surface area contributed by atoms with Crippen LogP contribution >= 0.6 is 0 Å². The number of carbonyl (C=O) groups excluding carboxylic acids is 4. The zero-order valence-electron chi connectivity index (χ0n) is 33.4. The Morgan fingerprint density at radius 1 is 0.509 bits per heavy atom. The van der Waals surface area contributed by atoms with E-state index in [2.05, 4.69) is 13.2 Å². The van der Waals surface area contributed by atoms with Gasteiger partial charge in [0, 0.05) is 22.3 Å². The van der Waals surface area contributed by atoms with Crippen LogP contribution in [0.2, 0.25) is 0 Å². The van der Waals surface area contributed by atoms with Crippen LogP contribution in [-0.4, -0.2) is 50.3 Å². The molecule has 1 saturated carbocycles. The van der Waals surface area contributed by atoms with Crippen LogP contribution in [0, 0.1) is 0 Å². The van der Waals surface area contributed by atoms with Gasteiger partial charge in [-0.1, -0.05) is 51.7 Å². The smallest absolute Gasteiger partial charge is 0.343 e. The first-order valence-electron chi connectivity index (χ1n) is 20.3. The zero-order chi connectivity index (χ0) is 40.6. The fraction of sp³-hybridized carbons (Fsp3) is 0.447. The Bertz CT molecular complexity index is 1730. The molecular weight excluding hydrogens is 725 g/mol. The molecular formula is C47H56O10. The molecule has 304 valence electrons. The summed E-state index contributed by atoms with van der Waals surface area (Å²) in [5.74, 6) is 1.32. The maximum Gasteiger partial charge on any atom is 0.343 e. The van der Waals surface area contributed by atoms with Crippen molar-refractivity contribution < 1.29 is 47.6 Å². The van der Waals surface area contributed by atoms with Crippen LogP contribution in [0.4, 0.5) is 0 Å². The Morgan fingerprint density at radius 3 is 1.23 bits per heavy atom. The minimum Gasteiger partial charge on any atom is -0.494 e. The monoisotopic (exact) mass is 780 g/mol. The van der Waals surface area contributed by atoms with E-state index in [9.17, 15) is 19.2 Å². The first-order valence-corrected chi connectivity index (χ1v) is 20.3. The quantitative estimate of drug-likeness (QED) is 0.0375. The van der Waals surface area contributed by atoms with E-state index in [1.807, 2.05) is 0 Å². The van der Waals surface area contributed by atoms with Gasteiger partial charge in [0.05, 0.1) is 37.6 Å². The van der Waals surface area contributed by atoms with E-state index >= 15 is 0 Å². The molecule has 3 aromatic carbocycles. The lowest BCUT2D eigenvalue weighted by molar-refractivity contribution is -0.139. The molecule has 3 aromatic rings. The summed E-state index contributed by atoms with van der Waals surface area (Å²) in [5, 5.41) is 0. The lowest BCUT2D eigenvalue weighted by Gasteiger charge is -2.21. The summed E-state index contributed by atoms with van der Waals surface area (Å²) < 4.78 is 33.9. The fourth-order valence-electron chi connectivity index (χ4n) is 7.24. The molecule has 2 aliphatic rings. The topological polar surface area (TPSA) is 124 Å². The first kappa shape index (κ1) is 42.8. The molecule has 0 N–H and O–H groups in total. The van der Waals surface area contributed by atoms with Crippen LogP contribution < -0.4 is 18.9 Å². The Labute approximate surface area is 336 Å². The van der Waals surface area contributed by atoms with Gasteiger partial charge >= 0.3 is 23.9 Å². The molecule has 0 heterocycles. The van der Waals surface area contributed by atoms with E-state index in [-0.39, 0.29) is 23.8 Å². The van der Waals surface area contributed by atoms with Gasteiger partial charge in [0.2, 0.25) is 0 Å². The second-order valence-corrected chi connectivity index (χ2v) is 15.0. The van der Waals surface area contributed by atoms with Crippen LogP contribution in [-0.2, 0) is 19.1 Å². The van der Waals surface area contributed by atoms with Gasteiger partial charge in [-0.05, 0) is 131 Å². The van der Waals surface area contributed by atoms with Crippen LogP contribution in [0.1, 0.15) is 141 Å². The molecule has 10 heteroatoms. The third kappa shape index (κ3) is 12.8. The van der Waals surface area contributed by atoms with Gasteiger partial charge in [-0.3, -0.25) is 0 Å². The molecule has 1 fully saturated rings. The molecule has 10 nitrogen and oxygen atoms in total. The van der Waals surface area contributed by atoms with E-state index < -0.39 is 11.9 Å². The number of esters is 4. The lowest BCUT2D eigenvalue weighted by Crippen LogP contribution is -2.14. The van der Waals surface area contributed by atoms with Crippen molar-refractivity contribution in [2.24, 2.45) is 0 Å². The summed E-state index contributed by atoms with van der Waals surface area (Å²) in [6.45, 7) is 12.4. The zero-order valence-corrected chi connectivity index (χ0v) is 33.4. The molecule has 5 rings (SSSR count). The van der Waals surface area contributed by atoms with Gasteiger partial charge < -0.3 is 28.4 Å². The predicted molar refractivity (Wildman–Crippen MR) is 217 cm³/mol. The van der Waals surface area contributed by atoms with Crippen molar-refractivity contribution in [3.05, 3.63) is 107 Å². The SMILES string of the molecule is C=C(C)C(=O)OCCCCCCCOc1ccc(C(=O)Oc2ccc(OC(=O)c3ccc(OCCCCCCCOC(=O)C(=C)C)cc3)c3c2C2CCC3C2)cc1. The number of hydrogen-bond acceptors (Lipinski definition) is 10. The molecule has 0 aromatic heterocycles. The Hall–Kier alpha value is -5.38. The van der Waals surface area contributed by atoms with Crippen molar-refractivity contribution in [3.8, 4) is 23.0 Å². The highest BCUT2D eigenvalue weighted by Gasteiger charge is 2.42. The van der Waals surface area contributed by atoms with Crippen LogP contribution in [0.15, 0.2) is 85.0 Å². The molecule has 2 bridgehead atoms. The van der Waals surface area contributed by atoms with Gasteiger partial charge in [0.1, 0.15) is 23.0 Å². The normalized spacial score (nSPS) is 15.0. The van der Waals surface area contributed by atoms with Crippen LogP contribution in [0.3, 0.4) is 0 Å². The van der Waals surface area contributed by atoms with Gasteiger partial charge in [0.25, 0.3) is 0 Å². The second-order valence-electron chi connectivity index (χ2n) is 15.0. The summed E-state index contributed by atoms with van der Waals surface area (Å²) >= 11 is 0. The van der Waals surface area contributed by atoms with Crippen molar-refractivity contribution in [2.45, 2.75) is 109 Å². The average molecular weight is 781 g/mol. The van der Waals surface area contributed by atoms with Crippen molar-refractivity contribution in [2.75, 3.05) is 26.4 Å². The molecule has 2 unspecified atom stereocenters. The number of ether oxygens (including phenoxy) is 6. The predicted octanol–water partition coefficient (Wildman–Crippen LogP) is 10.4. The fourth-order valence-corrected chi connectivity index (χ4v) is 7.24. The molecule has 2 atom stereocenters. The van der Waals surface area contributed by atoms with Crippen molar-refractivity contribution in [3.63, 3.8) is 0 Å². The van der Waals surface area contributed by atoms with E-state index in [1.165, 1.54) is 0 Å². The van der Waals surface area contributed by atoms with Gasteiger partial charge in [0.15, 0.2) is 0 Å². The van der Waals surface area contributed by atoms with Gasteiger partial charge in [-0.25, -0.2) is 19.2 Å². The van der Waals surface area contributed by atoms with E-state index in [1.54, 1.807) is 74.5 Å². The average Bonchev–Trinajstić information content (AvgIpc) is 3.84. The van der Waals surface area contributed by atoms with Crippen molar-refractivity contribution in [1.82, 2.24) is 0 Å².